The molecule has 2 radical (unpaired) electrons. The Morgan fingerprint density at radius 2 is 2.09 bits per heavy atom. The summed E-state index contributed by atoms with van der Waals surface area (Å²) >= 11 is 0. The third-order valence-electron chi connectivity index (χ3n) is 5.64. The van der Waals surface area contributed by atoms with Gasteiger partial charge in [-0.1, -0.05) is 6.82 Å². The van der Waals surface area contributed by atoms with E-state index < -0.39 is 0 Å². The van der Waals surface area contributed by atoms with Crippen LogP contribution in [0.2, 0.25) is 6.82 Å². The van der Waals surface area contributed by atoms with E-state index in [1.165, 1.54) is 6.82 Å². The van der Waals surface area contributed by atoms with Gasteiger partial charge in [-0.2, -0.15) is 15.3 Å². The first-order chi connectivity index (χ1) is 15.5. The molecule has 0 saturated carbocycles. The second-order valence-corrected chi connectivity index (χ2v) is 8.09. The van der Waals surface area contributed by atoms with Crippen LogP contribution in [0.4, 0.5) is 5.82 Å². The van der Waals surface area contributed by atoms with Crippen molar-refractivity contribution >= 4 is 24.7 Å². The van der Waals surface area contributed by atoms with Crippen LogP contribution in [0.15, 0.2) is 30.7 Å². The normalized spacial score (nSPS) is 16.4. The summed E-state index contributed by atoms with van der Waals surface area (Å²) in [7, 11) is 6.46. The van der Waals surface area contributed by atoms with Crippen molar-refractivity contribution in [1.82, 2.24) is 34.7 Å². The summed E-state index contributed by atoms with van der Waals surface area (Å²) in [6.07, 6.45) is 5.75. The molecule has 1 saturated heterocycles. The van der Waals surface area contributed by atoms with E-state index in [2.05, 4.69) is 61.1 Å². The molecule has 1 N–H and O–H groups in total. The predicted molar refractivity (Wildman–Crippen MR) is 127 cm³/mol. The number of fused-ring (bicyclic) bond motifs is 1. The topological polar surface area (TPSA) is 89.7 Å². The molecule has 4 aromatic heterocycles. The second-order valence-electron chi connectivity index (χ2n) is 8.09. The van der Waals surface area contributed by atoms with Gasteiger partial charge in [0, 0.05) is 43.2 Å². The average Bonchev–Trinajstić information content (AvgIpc) is 3.55. The molecule has 4 aromatic rings. The van der Waals surface area contributed by atoms with Crippen LogP contribution in [0.25, 0.3) is 33.5 Å². The van der Waals surface area contributed by atoms with E-state index in [0.717, 1.165) is 45.9 Å². The molecule has 0 aromatic carbocycles. The number of H-pyrrole nitrogens is 1. The molecule has 0 amide bonds. The van der Waals surface area contributed by atoms with Crippen LogP contribution in [0.1, 0.15) is 26.8 Å². The van der Waals surface area contributed by atoms with E-state index >= 15 is 0 Å². The van der Waals surface area contributed by atoms with Gasteiger partial charge in [0.05, 0.1) is 44.5 Å². The minimum absolute atomic E-state index is 0.252. The van der Waals surface area contributed by atoms with Gasteiger partial charge in [0.25, 0.3) is 0 Å². The quantitative estimate of drug-likeness (QED) is 0.498. The molecule has 32 heavy (non-hydrogen) atoms. The molecule has 1 fully saturated rings. The molecule has 10 heteroatoms. The average molecular weight is 432 g/mol. The molecule has 9 nitrogen and oxygen atoms in total. The first-order valence-electron chi connectivity index (χ1n) is 10.9. The Labute approximate surface area is 189 Å². The van der Waals surface area contributed by atoms with Crippen LogP contribution in [0.5, 0.6) is 0 Å². The van der Waals surface area contributed by atoms with Gasteiger partial charge in [-0.15, -0.1) is 0 Å². The van der Waals surface area contributed by atoms with Gasteiger partial charge in [0.15, 0.2) is 0 Å². The largest absolute Gasteiger partial charge is 0.377 e. The Balaban J connectivity index is 0.00000119. The van der Waals surface area contributed by atoms with Crippen LogP contribution in [0.3, 0.4) is 0 Å². The summed E-state index contributed by atoms with van der Waals surface area (Å²) in [6, 6.07) is 4.62. The lowest BCUT2D eigenvalue weighted by Gasteiger charge is -2.34. The lowest BCUT2D eigenvalue weighted by molar-refractivity contribution is 0.0986. The number of hydrogen-bond donors (Lipinski definition) is 1. The van der Waals surface area contributed by atoms with Crippen molar-refractivity contribution < 1.29 is 4.74 Å². The predicted octanol–water partition coefficient (Wildman–Crippen LogP) is 3.23. The van der Waals surface area contributed by atoms with Crippen molar-refractivity contribution in [2.45, 2.75) is 39.7 Å². The smallest absolute Gasteiger partial charge is 0.136 e. The van der Waals surface area contributed by atoms with E-state index in [1.807, 2.05) is 28.7 Å². The van der Waals surface area contributed by atoms with E-state index in [9.17, 15) is 0 Å². The molecule has 0 aliphatic carbocycles. The fraction of sp³-hybridized carbons (Fsp3) is 0.455. The number of nitrogens with one attached hydrogen (secondary N) is 1. The maximum atomic E-state index is 5.64. The molecule has 0 bridgehead atoms. The molecule has 1 aliphatic heterocycles. The van der Waals surface area contributed by atoms with Crippen molar-refractivity contribution in [2.24, 2.45) is 7.05 Å². The Bertz CT molecular complexity index is 1180. The molecule has 5 heterocycles. The third kappa shape index (κ3) is 3.90. The summed E-state index contributed by atoms with van der Waals surface area (Å²) in [4.78, 5) is 7.37. The molecule has 1 aliphatic rings. The van der Waals surface area contributed by atoms with E-state index in [-0.39, 0.29) is 6.04 Å². The summed E-state index contributed by atoms with van der Waals surface area (Å²) in [5.41, 5.74) is 5.60. The van der Waals surface area contributed by atoms with Gasteiger partial charge >= 0.3 is 0 Å². The zero-order valence-corrected chi connectivity index (χ0v) is 19.3. The molecule has 166 valence electrons. The highest BCUT2D eigenvalue weighted by molar-refractivity contribution is 6.05. The number of nitrogens with zero attached hydrogens (tertiary/aromatic N) is 7. The number of morpholine rings is 1. The zero-order chi connectivity index (χ0) is 22.8. The molecular weight excluding hydrogens is 403 g/mol. The van der Waals surface area contributed by atoms with Crippen LogP contribution in [-0.4, -0.2) is 68.4 Å². The molecule has 5 rings (SSSR count). The summed E-state index contributed by atoms with van der Waals surface area (Å²) in [6.45, 7) is 10.1. The molecule has 1 atom stereocenters. The van der Waals surface area contributed by atoms with E-state index in [1.54, 1.807) is 6.20 Å². The van der Waals surface area contributed by atoms with Crippen molar-refractivity contribution in [3.63, 3.8) is 0 Å². The Morgan fingerprint density at radius 3 is 2.75 bits per heavy atom. The number of anilines is 1. The first kappa shape index (κ1) is 22.1. The minimum atomic E-state index is 0.252. The summed E-state index contributed by atoms with van der Waals surface area (Å²) in [5, 5.41) is 16.5. The summed E-state index contributed by atoms with van der Waals surface area (Å²) < 4.78 is 9.51. The second kappa shape index (κ2) is 9.16. The number of aryl methyl sites for hydroxylation is 1. The zero-order valence-electron chi connectivity index (χ0n) is 19.3. The maximum absolute atomic E-state index is 5.64. The van der Waals surface area contributed by atoms with Gasteiger partial charge in [0.1, 0.15) is 17.0 Å². The minimum Gasteiger partial charge on any atom is -0.377 e. The lowest BCUT2D eigenvalue weighted by Crippen LogP contribution is -2.44. The number of rotatable bonds is 4. The highest BCUT2D eigenvalue weighted by Gasteiger charge is 2.25. The Morgan fingerprint density at radius 1 is 1.28 bits per heavy atom. The van der Waals surface area contributed by atoms with Crippen LogP contribution < -0.4 is 4.90 Å². The van der Waals surface area contributed by atoms with Gasteiger partial charge < -0.3 is 9.64 Å². The number of ether oxygens (including phenoxy) is 1. The van der Waals surface area contributed by atoms with E-state index in [4.69, 9.17) is 14.8 Å². The standard InChI is InChI=1S/C21H26N8O.CH3B/c1-13(2)29-11-15(10-23-29)16-9-18(28-7-8-30-12-14(28)3)24-20-19(17-5-6-22-25-17)26-27(4)21(16)20;1-2/h5-6,9-11,13-14H,7-8,12H2,1-4H3,(H,22,25);1H3/t14-;/m1./s1. The number of aromatic nitrogens is 7. The Hall–Kier alpha value is -3.14. The van der Waals surface area contributed by atoms with Gasteiger partial charge in [-0.3, -0.25) is 14.5 Å². The molecule has 0 unspecified atom stereocenters. The van der Waals surface area contributed by atoms with Crippen molar-refractivity contribution in [3.05, 3.63) is 30.7 Å². The van der Waals surface area contributed by atoms with Gasteiger partial charge in [-0.25, -0.2) is 4.98 Å². The van der Waals surface area contributed by atoms with Crippen LogP contribution in [0, 0.1) is 0 Å². The van der Waals surface area contributed by atoms with Crippen molar-refractivity contribution in [2.75, 3.05) is 24.7 Å². The maximum Gasteiger partial charge on any atom is 0.136 e. The monoisotopic (exact) mass is 432 g/mol. The van der Waals surface area contributed by atoms with Crippen molar-refractivity contribution in [1.29, 1.82) is 0 Å². The summed E-state index contributed by atoms with van der Waals surface area (Å²) in [5.74, 6) is 0.930. The Kier molecular flexibility index (Phi) is 6.32. The highest BCUT2D eigenvalue weighted by atomic mass is 16.5. The molecular formula is C22H29BN8O. The third-order valence-corrected chi connectivity index (χ3v) is 5.64. The first-order valence-corrected chi connectivity index (χ1v) is 10.9. The van der Waals surface area contributed by atoms with Crippen LogP contribution >= 0.6 is 0 Å². The SMILES string of the molecule is CC(C)n1cc(-c2cc(N3CCOC[C@H]3C)nc3c(-c4ccn[nH]4)nn(C)c23)cn1.[B]C. The van der Waals surface area contributed by atoms with E-state index in [0.29, 0.717) is 19.3 Å². The number of hydrogen-bond acceptors (Lipinski definition) is 6. The molecule has 0 spiro atoms. The number of aromatic amines is 1. The highest BCUT2D eigenvalue weighted by Crippen LogP contribution is 2.36. The number of pyridine rings is 1. The fourth-order valence-corrected chi connectivity index (χ4v) is 4.03. The van der Waals surface area contributed by atoms with Gasteiger partial charge in [0.2, 0.25) is 0 Å². The van der Waals surface area contributed by atoms with Crippen molar-refractivity contribution in [3.8, 4) is 22.5 Å². The van der Waals surface area contributed by atoms with Gasteiger partial charge in [-0.05, 0) is 32.9 Å². The fourth-order valence-electron chi connectivity index (χ4n) is 4.03. The lowest BCUT2D eigenvalue weighted by atomic mass is 10.1. The van der Waals surface area contributed by atoms with Crippen LogP contribution in [-0.2, 0) is 11.8 Å².